The van der Waals surface area contributed by atoms with Crippen LogP contribution in [0.1, 0.15) is 26.3 Å². The van der Waals surface area contributed by atoms with Gasteiger partial charge in [-0.3, -0.25) is 9.69 Å². The molecular weight excluding hydrogens is 386 g/mol. The van der Waals surface area contributed by atoms with Crippen molar-refractivity contribution >= 4 is 28.5 Å². The van der Waals surface area contributed by atoms with Crippen molar-refractivity contribution in [3.63, 3.8) is 0 Å². The van der Waals surface area contributed by atoms with Crippen molar-refractivity contribution in [2.75, 3.05) is 12.4 Å². The molecule has 150 valence electrons. The second-order valence-electron chi connectivity index (χ2n) is 6.56. The summed E-state index contributed by atoms with van der Waals surface area (Å²) in [5, 5.41) is 9.54. The summed E-state index contributed by atoms with van der Waals surface area (Å²) < 4.78 is 11.5. The zero-order chi connectivity index (χ0) is 20.8. The summed E-state index contributed by atoms with van der Waals surface area (Å²) in [7, 11) is 0. The second-order valence-corrected chi connectivity index (χ2v) is 7.55. The molecule has 0 aromatic heterocycles. The smallest absolute Gasteiger partial charge is 0.269 e. The average molecular weight is 410 g/mol. The molecule has 0 spiro atoms. The molecule has 2 aromatic rings. The number of thioether (sulfide) groups is 1. The van der Waals surface area contributed by atoms with Crippen LogP contribution < -0.4 is 9.47 Å². The Hall–Kier alpha value is -2.98. The van der Waals surface area contributed by atoms with Crippen molar-refractivity contribution in [2.45, 2.75) is 32.9 Å². The summed E-state index contributed by atoms with van der Waals surface area (Å²) in [6, 6.07) is 16.3. The van der Waals surface area contributed by atoms with Crippen LogP contribution in [0, 0.1) is 11.3 Å². The van der Waals surface area contributed by atoms with Crippen LogP contribution in [0.3, 0.4) is 0 Å². The van der Waals surface area contributed by atoms with Gasteiger partial charge >= 0.3 is 0 Å². The van der Waals surface area contributed by atoms with Gasteiger partial charge in [0.05, 0.1) is 18.2 Å². The molecule has 0 radical (unpaired) electrons. The van der Waals surface area contributed by atoms with E-state index in [1.54, 1.807) is 47.9 Å². The normalized spacial score (nSPS) is 18.3. The third kappa shape index (κ3) is 4.90. The Morgan fingerprint density at radius 3 is 2.72 bits per heavy atom. The predicted molar refractivity (Wildman–Crippen MR) is 115 cm³/mol. The average Bonchev–Trinajstić information content (AvgIpc) is 3.09. The summed E-state index contributed by atoms with van der Waals surface area (Å²) >= 11 is 1.55. The first-order valence-corrected chi connectivity index (χ1v) is 10.4. The van der Waals surface area contributed by atoms with Crippen LogP contribution in [-0.4, -0.2) is 40.5 Å². The Morgan fingerprint density at radius 2 is 2.03 bits per heavy atom. The van der Waals surface area contributed by atoms with Crippen molar-refractivity contribution in [1.82, 2.24) is 4.90 Å². The van der Waals surface area contributed by atoms with Crippen molar-refractivity contribution in [3.05, 3.63) is 54.1 Å². The third-order valence-corrected chi connectivity index (χ3v) is 5.56. The Kier molecular flexibility index (Phi) is 6.78. The Bertz CT molecular complexity index is 937. The lowest BCUT2D eigenvalue weighted by Crippen LogP contribution is -2.44. The molecule has 7 heteroatoms. The topological polar surface area (TPSA) is 74.9 Å². The van der Waals surface area contributed by atoms with Crippen LogP contribution in [0.5, 0.6) is 11.5 Å². The standard InChI is InChI=1S/C22H23N3O3S/c1-4-27-20-8-6-5-7-19(20)24-22-25(15(2)14-29-22)21(26)16(3)28-18-11-9-17(13-23)10-12-18/h5-12,15-16H,4,14H2,1-3H3. The number of carbonyl (C=O) groups excluding carboxylic acids is 1. The minimum atomic E-state index is -0.684. The Labute approximate surface area is 175 Å². The van der Waals surface area contributed by atoms with Gasteiger partial charge in [-0.25, -0.2) is 4.99 Å². The first-order valence-electron chi connectivity index (χ1n) is 9.46. The lowest BCUT2D eigenvalue weighted by molar-refractivity contribution is -0.134. The highest BCUT2D eigenvalue weighted by molar-refractivity contribution is 8.14. The molecule has 1 aliphatic rings. The number of hydrogen-bond donors (Lipinski definition) is 0. The van der Waals surface area contributed by atoms with E-state index in [1.807, 2.05) is 38.1 Å². The summed E-state index contributed by atoms with van der Waals surface area (Å²) in [5.41, 5.74) is 1.24. The van der Waals surface area contributed by atoms with Gasteiger partial charge in [0.25, 0.3) is 5.91 Å². The van der Waals surface area contributed by atoms with Crippen molar-refractivity contribution < 1.29 is 14.3 Å². The van der Waals surface area contributed by atoms with Crippen LogP contribution in [0.2, 0.25) is 0 Å². The van der Waals surface area contributed by atoms with Gasteiger partial charge < -0.3 is 9.47 Å². The molecule has 1 aliphatic heterocycles. The minimum absolute atomic E-state index is 0.0116. The van der Waals surface area contributed by atoms with Gasteiger partial charge in [0.15, 0.2) is 11.3 Å². The highest BCUT2D eigenvalue weighted by atomic mass is 32.2. The largest absolute Gasteiger partial charge is 0.492 e. The molecule has 6 nitrogen and oxygen atoms in total. The molecule has 2 aromatic carbocycles. The zero-order valence-electron chi connectivity index (χ0n) is 16.7. The van der Waals surface area contributed by atoms with E-state index in [2.05, 4.69) is 6.07 Å². The van der Waals surface area contributed by atoms with Crippen LogP contribution in [0.25, 0.3) is 0 Å². The van der Waals surface area contributed by atoms with Gasteiger partial charge in [0.1, 0.15) is 17.2 Å². The number of rotatable bonds is 6. The number of ether oxygens (including phenoxy) is 2. The number of amides is 1. The lowest BCUT2D eigenvalue weighted by Gasteiger charge is -2.25. The number of benzene rings is 2. The Morgan fingerprint density at radius 1 is 1.31 bits per heavy atom. The molecule has 0 aliphatic carbocycles. The summed E-state index contributed by atoms with van der Waals surface area (Å²) in [6.07, 6.45) is -0.684. The fourth-order valence-corrected chi connectivity index (χ4v) is 4.03. The van der Waals surface area contributed by atoms with Crippen LogP contribution in [0.4, 0.5) is 5.69 Å². The fraction of sp³-hybridized carbons (Fsp3) is 0.318. The van der Waals surface area contributed by atoms with Gasteiger partial charge in [-0.2, -0.15) is 5.26 Å². The maximum atomic E-state index is 13.1. The second kappa shape index (κ2) is 9.48. The van der Waals surface area contributed by atoms with Crippen LogP contribution >= 0.6 is 11.8 Å². The number of nitriles is 1. The summed E-state index contributed by atoms with van der Waals surface area (Å²) in [4.78, 5) is 19.5. The van der Waals surface area contributed by atoms with E-state index in [9.17, 15) is 4.79 Å². The lowest BCUT2D eigenvalue weighted by atomic mass is 10.2. The molecule has 1 saturated heterocycles. The van der Waals surface area contributed by atoms with E-state index in [4.69, 9.17) is 19.7 Å². The van der Waals surface area contributed by atoms with Gasteiger partial charge in [0.2, 0.25) is 0 Å². The van der Waals surface area contributed by atoms with Crippen LogP contribution in [-0.2, 0) is 4.79 Å². The first kappa shape index (κ1) is 20.7. The highest BCUT2D eigenvalue weighted by Gasteiger charge is 2.35. The molecule has 1 amide bonds. The highest BCUT2D eigenvalue weighted by Crippen LogP contribution is 2.32. The predicted octanol–water partition coefficient (Wildman–Crippen LogP) is 4.38. The number of para-hydroxylation sites is 2. The van der Waals surface area contributed by atoms with Crippen LogP contribution in [0.15, 0.2) is 53.5 Å². The zero-order valence-corrected chi connectivity index (χ0v) is 17.5. The van der Waals surface area contributed by atoms with Gasteiger partial charge in [-0.05, 0) is 57.2 Å². The van der Waals surface area contributed by atoms with E-state index in [1.165, 1.54) is 0 Å². The van der Waals surface area contributed by atoms with Gasteiger partial charge in [0, 0.05) is 11.8 Å². The van der Waals surface area contributed by atoms with E-state index in [0.717, 1.165) is 5.75 Å². The quantitative estimate of drug-likeness (QED) is 0.708. The molecule has 2 atom stereocenters. The number of carbonyl (C=O) groups is 1. The molecule has 3 rings (SSSR count). The molecule has 1 fully saturated rings. The monoisotopic (exact) mass is 409 g/mol. The maximum Gasteiger partial charge on any atom is 0.269 e. The number of hydrogen-bond acceptors (Lipinski definition) is 6. The number of nitrogens with zero attached hydrogens (tertiary/aromatic N) is 3. The maximum absolute atomic E-state index is 13.1. The van der Waals surface area contributed by atoms with E-state index in [-0.39, 0.29) is 11.9 Å². The number of amidine groups is 1. The van der Waals surface area contributed by atoms with Crippen molar-refractivity contribution in [3.8, 4) is 17.6 Å². The summed E-state index contributed by atoms with van der Waals surface area (Å²) in [6.45, 7) is 6.19. The van der Waals surface area contributed by atoms with E-state index in [0.29, 0.717) is 34.5 Å². The first-order chi connectivity index (χ1) is 14.0. The molecule has 0 bridgehead atoms. The molecule has 0 N–H and O–H groups in total. The Balaban J connectivity index is 1.79. The third-order valence-electron chi connectivity index (χ3n) is 4.36. The van der Waals surface area contributed by atoms with E-state index < -0.39 is 6.10 Å². The van der Waals surface area contributed by atoms with E-state index >= 15 is 0 Å². The molecular formula is C22H23N3O3S. The fourth-order valence-electron chi connectivity index (χ4n) is 2.91. The number of aliphatic imine (C=N–C) groups is 1. The SMILES string of the molecule is CCOc1ccccc1N=C1SCC(C)N1C(=O)C(C)Oc1ccc(C#N)cc1. The van der Waals surface area contributed by atoms with Gasteiger partial charge in [-0.15, -0.1) is 0 Å². The van der Waals surface area contributed by atoms with Gasteiger partial charge in [-0.1, -0.05) is 23.9 Å². The molecule has 2 unspecified atom stereocenters. The molecule has 1 heterocycles. The summed E-state index contributed by atoms with van der Waals surface area (Å²) in [5.74, 6) is 1.85. The molecule has 0 saturated carbocycles. The minimum Gasteiger partial charge on any atom is -0.492 e. The van der Waals surface area contributed by atoms with Crippen molar-refractivity contribution in [2.24, 2.45) is 4.99 Å². The molecule has 29 heavy (non-hydrogen) atoms. The van der Waals surface area contributed by atoms with Crippen molar-refractivity contribution in [1.29, 1.82) is 5.26 Å².